The van der Waals surface area contributed by atoms with Crippen LogP contribution in [0.5, 0.6) is 0 Å². The molecule has 0 unspecified atom stereocenters. The largest absolute Gasteiger partial charge is 0.360 e. The van der Waals surface area contributed by atoms with Crippen molar-refractivity contribution >= 4 is 10.0 Å². The Labute approximate surface area is 142 Å². The quantitative estimate of drug-likeness (QED) is 0.813. The summed E-state index contributed by atoms with van der Waals surface area (Å²) in [5, 5.41) is 3.73. The number of nitrogens with one attached hydrogen (secondary N) is 2. The highest BCUT2D eigenvalue weighted by Gasteiger charge is 2.24. The molecule has 1 fully saturated rings. The zero-order valence-electron chi connectivity index (χ0n) is 14.1. The maximum Gasteiger partial charge on any atom is 0.246 e. The Morgan fingerprint density at radius 2 is 1.83 bits per heavy atom. The maximum absolute atomic E-state index is 12.5. The van der Waals surface area contributed by atoms with Gasteiger partial charge in [-0.15, -0.1) is 0 Å². The lowest BCUT2D eigenvalue weighted by Gasteiger charge is -2.15. The first-order valence-electron chi connectivity index (χ1n) is 8.30. The van der Waals surface area contributed by atoms with Crippen LogP contribution in [0, 0.1) is 13.8 Å². The van der Waals surface area contributed by atoms with Gasteiger partial charge in [0.15, 0.2) is 5.76 Å². The summed E-state index contributed by atoms with van der Waals surface area (Å²) in [4.78, 5) is 1.71. The molecule has 1 aliphatic heterocycles. The van der Waals surface area contributed by atoms with Crippen LogP contribution < -0.4 is 9.62 Å². The van der Waals surface area contributed by atoms with Gasteiger partial charge in [0.05, 0.1) is 13.1 Å². The van der Waals surface area contributed by atoms with Crippen LogP contribution in [0.2, 0.25) is 0 Å². The number of benzene rings is 1. The second-order valence-electron chi connectivity index (χ2n) is 6.38. The second kappa shape index (κ2) is 7.04. The summed E-state index contributed by atoms with van der Waals surface area (Å²) in [6.45, 7) is 6.85. The molecule has 1 aromatic carbocycles. The molecule has 130 valence electrons. The Morgan fingerprint density at radius 3 is 2.46 bits per heavy atom. The van der Waals surface area contributed by atoms with Crippen LogP contribution in [0.1, 0.15) is 35.4 Å². The number of nitrogens with zero attached hydrogens (tertiary/aromatic N) is 1. The van der Waals surface area contributed by atoms with Crippen LogP contribution in [0.15, 0.2) is 33.7 Å². The Hall–Kier alpha value is -1.70. The first-order chi connectivity index (χ1) is 11.5. The zero-order chi connectivity index (χ0) is 17.2. The van der Waals surface area contributed by atoms with Gasteiger partial charge in [-0.25, -0.2) is 13.1 Å². The van der Waals surface area contributed by atoms with Crippen molar-refractivity contribution in [3.63, 3.8) is 0 Å². The molecule has 3 rings (SSSR count). The molecular weight excluding hydrogens is 326 g/mol. The summed E-state index contributed by atoms with van der Waals surface area (Å²) < 4.78 is 32.8. The van der Waals surface area contributed by atoms with Crippen molar-refractivity contribution in [2.45, 2.75) is 44.7 Å². The van der Waals surface area contributed by atoms with Gasteiger partial charge in [0.25, 0.3) is 0 Å². The lowest BCUT2D eigenvalue weighted by Crippen LogP contribution is -3.08. The molecule has 6 nitrogen and oxygen atoms in total. The van der Waals surface area contributed by atoms with Gasteiger partial charge in [-0.1, -0.05) is 29.4 Å². The normalized spacial score (nSPS) is 15.9. The van der Waals surface area contributed by atoms with Crippen molar-refractivity contribution < 1.29 is 17.8 Å². The molecule has 7 heteroatoms. The molecule has 1 aromatic heterocycles. The number of hydrogen-bond donors (Lipinski definition) is 2. The highest BCUT2D eigenvalue weighted by molar-refractivity contribution is 7.89. The molecule has 0 amide bonds. The lowest BCUT2D eigenvalue weighted by atomic mass is 10.1. The smallest absolute Gasteiger partial charge is 0.246 e. The first kappa shape index (κ1) is 17.1. The van der Waals surface area contributed by atoms with Crippen LogP contribution in [0.4, 0.5) is 0 Å². The average molecular weight is 350 g/mol. The third-order valence-electron chi connectivity index (χ3n) is 4.56. The van der Waals surface area contributed by atoms with Crippen LogP contribution in [-0.2, 0) is 23.1 Å². The van der Waals surface area contributed by atoms with Gasteiger partial charge in [-0.05, 0) is 19.4 Å². The van der Waals surface area contributed by atoms with Crippen LogP contribution >= 0.6 is 0 Å². The van der Waals surface area contributed by atoms with Gasteiger partial charge in [-0.3, -0.25) is 0 Å². The summed E-state index contributed by atoms with van der Waals surface area (Å²) >= 11 is 0. The molecule has 0 spiro atoms. The number of sulfonamides is 1. The van der Waals surface area contributed by atoms with E-state index in [1.54, 1.807) is 18.7 Å². The van der Waals surface area contributed by atoms with E-state index >= 15 is 0 Å². The predicted molar refractivity (Wildman–Crippen MR) is 90.1 cm³/mol. The molecule has 0 saturated carbocycles. The standard InChI is InChI=1S/C17H23N3O3S/c1-13-17(14(2)23-19-13)24(21,22)18-11-15-7-3-4-8-16(15)12-20-9-5-6-10-20/h3-4,7-8,18H,5-6,9-12H2,1-2H3/p+1. The van der Waals surface area contributed by atoms with Crippen LogP contribution in [0.25, 0.3) is 0 Å². The number of aromatic nitrogens is 1. The predicted octanol–water partition coefficient (Wildman–Crippen LogP) is 0.949. The molecule has 2 N–H and O–H groups in total. The number of likely N-dealkylation sites (tertiary alicyclic amines) is 1. The Bertz CT molecular complexity index is 789. The van der Waals surface area contributed by atoms with Gasteiger partial charge in [-0.2, -0.15) is 0 Å². The van der Waals surface area contributed by atoms with Gasteiger partial charge in [0.1, 0.15) is 17.1 Å². The molecule has 2 aromatic rings. The van der Waals surface area contributed by atoms with Gasteiger partial charge in [0.2, 0.25) is 10.0 Å². The summed E-state index contributed by atoms with van der Waals surface area (Å²) in [5.41, 5.74) is 2.61. The van der Waals surface area contributed by atoms with Crippen molar-refractivity contribution in [1.29, 1.82) is 0 Å². The SMILES string of the molecule is Cc1noc(C)c1S(=O)(=O)NCc1ccccc1C[NH+]1CCCC1. The van der Waals surface area contributed by atoms with E-state index in [9.17, 15) is 8.42 Å². The van der Waals surface area contributed by atoms with Gasteiger partial charge >= 0.3 is 0 Å². The average Bonchev–Trinajstić information content (AvgIpc) is 3.16. The molecule has 0 radical (unpaired) electrons. The summed E-state index contributed by atoms with van der Waals surface area (Å²) in [6, 6.07) is 8.03. The number of quaternary nitrogens is 1. The fraction of sp³-hybridized carbons (Fsp3) is 0.471. The number of rotatable bonds is 6. The Morgan fingerprint density at radius 1 is 1.17 bits per heavy atom. The van der Waals surface area contributed by atoms with Crippen molar-refractivity contribution in [2.24, 2.45) is 0 Å². The maximum atomic E-state index is 12.5. The van der Waals surface area contributed by atoms with Crippen LogP contribution in [0.3, 0.4) is 0 Å². The third kappa shape index (κ3) is 3.68. The minimum Gasteiger partial charge on any atom is -0.360 e. The zero-order valence-corrected chi connectivity index (χ0v) is 14.9. The van der Waals surface area contributed by atoms with Crippen LogP contribution in [-0.4, -0.2) is 26.7 Å². The van der Waals surface area contributed by atoms with E-state index in [0.717, 1.165) is 12.1 Å². The van der Waals surface area contributed by atoms with Crippen molar-refractivity contribution in [1.82, 2.24) is 9.88 Å². The van der Waals surface area contributed by atoms with E-state index in [1.807, 2.05) is 18.2 Å². The molecule has 0 atom stereocenters. The summed E-state index contributed by atoms with van der Waals surface area (Å²) in [5.74, 6) is 0.315. The minimum atomic E-state index is -3.63. The van der Waals surface area contributed by atoms with Gasteiger partial charge in [0, 0.05) is 24.9 Å². The molecule has 1 saturated heterocycles. The fourth-order valence-electron chi connectivity index (χ4n) is 3.33. The minimum absolute atomic E-state index is 0.144. The molecule has 0 bridgehead atoms. The number of aryl methyl sites for hydroxylation is 2. The topological polar surface area (TPSA) is 76.6 Å². The lowest BCUT2D eigenvalue weighted by molar-refractivity contribution is -0.901. The summed E-state index contributed by atoms with van der Waals surface area (Å²) in [7, 11) is -3.63. The second-order valence-corrected chi connectivity index (χ2v) is 8.08. The van der Waals surface area contributed by atoms with E-state index in [1.165, 1.54) is 31.5 Å². The van der Waals surface area contributed by atoms with Crippen molar-refractivity contribution in [3.05, 3.63) is 46.8 Å². The van der Waals surface area contributed by atoms with E-state index in [4.69, 9.17) is 4.52 Å². The Balaban J connectivity index is 1.74. The summed E-state index contributed by atoms with van der Waals surface area (Å²) in [6.07, 6.45) is 2.55. The first-order valence-corrected chi connectivity index (χ1v) is 9.78. The van der Waals surface area contributed by atoms with E-state index in [2.05, 4.69) is 15.9 Å². The van der Waals surface area contributed by atoms with Crippen molar-refractivity contribution in [3.8, 4) is 0 Å². The molecule has 1 aliphatic rings. The molecular formula is C17H24N3O3S+. The van der Waals surface area contributed by atoms with Gasteiger partial charge < -0.3 is 9.42 Å². The van der Waals surface area contributed by atoms with E-state index in [0.29, 0.717) is 11.5 Å². The monoisotopic (exact) mass is 350 g/mol. The fourth-order valence-corrected chi connectivity index (χ4v) is 4.66. The highest BCUT2D eigenvalue weighted by Crippen LogP contribution is 2.19. The number of hydrogen-bond acceptors (Lipinski definition) is 4. The Kier molecular flexibility index (Phi) is 5.03. The molecule has 24 heavy (non-hydrogen) atoms. The molecule has 0 aliphatic carbocycles. The van der Waals surface area contributed by atoms with E-state index in [-0.39, 0.29) is 11.4 Å². The van der Waals surface area contributed by atoms with Crippen molar-refractivity contribution in [2.75, 3.05) is 13.1 Å². The van der Waals surface area contributed by atoms with E-state index < -0.39 is 10.0 Å². The highest BCUT2D eigenvalue weighted by atomic mass is 32.2. The third-order valence-corrected chi connectivity index (χ3v) is 6.20. The molecule has 2 heterocycles.